The van der Waals surface area contributed by atoms with E-state index in [2.05, 4.69) is 5.32 Å². The van der Waals surface area contributed by atoms with Gasteiger partial charge < -0.3 is 5.32 Å². The largest absolute Gasteiger partial charge is 0.350 e. The third kappa shape index (κ3) is 2.22. The first kappa shape index (κ1) is 10.7. The summed E-state index contributed by atoms with van der Waals surface area (Å²) >= 11 is 0. The van der Waals surface area contributed by atoms with Crippen molar-refractivity contribution in [2.75, 3.05) is 0 Å². The van der Waals surface area contributed by atoms with Gasteiger partial charge in [0.15, 0.2) is 0 Å². The molecule has 0 saturated heterocycles. The van der Waals surface area contributed by atoms with Crippen molar-refractivity contribution >= 4 is 16.7 Å². The maximum absolute atomic E-state index is 11.8. The molecule has 1 amide bonds. The molecule has 0 aliphatic heterocycles. The summed E-state index contributed by atoms with van der Waals surface area (Å²) in [6.45, 7) is 3.91. The number of hydrogen-bond donors (Lipinski definition) is 1. The Hall–Kier alpha value is -1.83. The van der Waals surface area contributed by atoms with Crippen LogP contribution in [0, 0.1) is 0 Å². The van der Waals surface area contributed by atoms with Crippen LogP contribution in [0.3, 0.4) is 0 Å². The SMILES string of the molecule is CC(C)N[11C](=O)c1ccc2ccccc2c1. The fraction of sp³-hybridized carbons (Fsp3) is 0.214. The molecule has 0 radical (unpaired) electrons. The van der Waals surface area contributed by atoms with Crippen molar-refractivity contribution in [1.82, 2.24) is 5.32 Å². The first-order valence-corrected chi connectivity index (χ1v) is 5.46. The third-order valence-corrected chi connectivity index (χ3v) is 2.43. The Morgan fingerprint density at radius 1 is 1.06 bits per heavy atom. The van der Waals surface area contributed by atoms with Gasteiger partial charge in [-0.15, -0.1) is 0 Å². The molecule has 1 N–H and O–H groups in total. The lowest BCUT2D eigenvalue weighted by Gasteiger charge is -2.08. The number of nitrogens with one attached hydrogen (secondary N) is 1. The third-order valence-electron chi connectivity index (χ3n) is 2.43. The van der Waals surface area contributed by atoms with Crippen molar-refractivity contribution < 1.29 is 4.79 Å². The minimum Gasteiger partial charge on any atom is -0.350 e. The fourth-order valence-corrected chi connectivity index (χ4v) is 1.68. The number of carbonyl (C=O) groups is 1. The van der Waals surface area contributed by atoms with E-state index in [0.717, 1.165) is 10.8 Å². The molecule has 2 aromatic rings. The summed E-state index contributed by atoms with van der Waals surface area (Å²) in [6, 6.07) is 14.0. The predicted molar refractivity (Wildman–Crippen MR) is 66.6 cm³/mol. The summed E-state index contributed by atoms with van der Waals surface area (Å²) in [5, 5.41) is 5.14. The molecule has 2 nitrogen and oxygen atoms in total. The Labute approximate surface area is 95.3 Å². The van der Waals surface area contributed by atoms with E-state index >= 15 is 0 Å². The summed E-state index contributed by atoms with van der Waals surface area (Å²) in [5.41, 5.74) is 0.715. The maximum Gasteiger partial charge on any atom is 0.251 e. The number of rotatable bonds is 2. The molecule has 16 heavy (non-hydrogen) atoms. The highest BCUT2D eigenvalue weighted by Gasteiger charge is 2.06. The highest BCUT2D eigenvalue weighted by atomic mass is 16.1. The van der Waals surface area contributed by atoms with Crippen LogP contribution in [0.15, 0.2) is 42.5 Å². The van der Waals surface area contributed by atoms with Gasteiger partial charge in [-0.2, -0.15) is 0 Å². The molecule has 0 saturated carbocycles. The molecule has 0 unspecified atom stereocenters. The van der Waals surface area contributed by atoms with Crippen LogP contribution in [0.2, 0.25) is 0 Å². The Bertz CT molecular complexity index is 517. The average Bonchev–Trinajstić information content (AvgIpc) is 2.27. The molecule has 0 fully saturated rings. The Kier molecular flexibility index (Phi) is 2.91. The Balaban J connectivity index is 2.35. The lowest BCUT2D eigenvalue weighted by atomic mass is 9.86. The first-order valence-electron chi connectivity index (χ1n) is 5.46. The van der Waals surface area contributed by atoms with Crippen molar-refractivity contribution in [2.24, 2.45) is 0 Å². The van der Waals surface area contributed by atoms with Crippen LogP contribution < -0.4 is 5.32 Å². The summed E-state index contributed by atoms with van der Waals surface area (Å²) in [7, 11) is 0. The second-order valence-corrected chi connectivity index (χ2v) is 4.19. The summed E-state index contributed by atoms with van der Waals surface area (Å²) in [6.07, 6.45) is 0. The van der Waals surface area contributed by atoms with Crippen LogP contribution in [-0.2, 0) is 0 Å². The highest BCUT2D eigenvalue weighted by Crippen LogP contribution is 2.15. The zero-order valence-electron chi connectivity index (χ0n) is 9.53. The number of benzene rings is 2. The van der Waals surface area contributed by atoms with Crippen molar-refractivity contribution in [3.8, 4) is 0 Å². The molecule has 0 atom stereocenters. The molecule has 0 aromatic heterocycles. The normalized spacial score (nSPS) is 10.7. The lowest BCUT2D eigenvalue weighted by Crippen LogP contribution is -2.29. The zero-order valence-corrected chi connectivity index (χ0v) is 9.53. The van der Waals surface area contributed by atoms with Gasteiger partial charge in [-0.3, -0.25) is 4.79 Å². The first-order chi connectivity index (χ1) is 7.66. The minimum absolute atomic E-state index is 0.0132. The average molecular weight is 212 g/mol. The molecule has 82 valence electrons. The molecule has 0 aliphatic carbocycles. The standard InChI is InChI=1S/C14H15NO/c1-10(2)15-14(16)13-8-7-11-5-3-4-6-12(11)9-13/h3-10H,1-2H3,(H,15,16)/i14-1. The number of carbonyl (C=O) groups excluding carboxylic acids is 1. The van der Waals surface area contributed by atoms with E-state index in [0.29, 0.717) is 5.56 Å². The van der Waals surface area contributed by atoms with Crippen LogP contribution in [-0.4, -0.2) is 11.9 Å². The summed E-state index contributed by atoms with van der Waals surface area (Å²) in [4.78, 5) is 11.8. The van der Waals surface area contributed by atoms with Gasteiger partial charge in [0.05, 0.1) is 0 Å². The van der Waals surface area contributed by atoms with Gasteiger partial charge >= 0.3 is 0 Å². The van der Waals surface area contributed by atoms with E-state index in [4.69, 9.17) is 0 Å². The topological polar surface area (TPSA) is 29.1 Å². The van der Waals surface area contributed by atoms with E-state index in [1.165, 1.54) is 0 Å². The highest BCUT2D eigenvalue weighted by molar-refractivity contribution is 5.98. The summed E-state index contributed by atoms with van der Waals surface area (Å²) < 4.78 is 0. The van der Waals surface area contributed by atoms with Crippen LogP contribution in [0.4, 0.5) is 0 Å². The Morgan fingerprint density at radius 2 is 1.75 bits per heavy atom. The second kappa shape index (κ2) is 4.35. The van der Waals surface area contributed by atoms with Gasteiger partial charge in [0.25, 0.3) is 5.91 Å². The van der Waals surface area contributed by atoms with Gasteiger partial charge in [0.2, 0.25) is 0 Å². The van der Waals surface area contributed by atoms with Gasteiger partial charge in [-0.1, -0.05) is 30.3 Å². The second-order valence-electron chi connectivity index (χ2n) is 4.19. The van der Waals surface area contributed by atoms with Crippen LogP contribution in [0.5, 0.6) is 0 Å². The molecule has 0 heterocycles. The van der Waals surface area contributed by atoms with E-state index in [1.807, 2.05) is 56.3 Å². The van der Waals surface area contributed by atoms with Crippen molar-refractivity contribution in [3.05, 3.63) is 48.0 Å². The molecule has 0 spiro atoms. The van der Waals surface area contributed by atoms with E-state index in [9.17, 15) is 4.79 Å². The minimum atomic E-state index is -0.0132. The lowest BCUT2D eigenvalue weighted by molar-refractivity contribution is 0.0943. The van der Waals surface area contributed by atoms with Crippen LogP contribution in [0.25, 0.3) is 10.8 Å². The van der Waals surface area contributed by atoms with E-state index < -0.39 is 0 Å². The molecular formula is C14H15NO. The van der Waals surface area contributed by atoms with E-state index in [-0.39, 0.29) is 11.9 Å². The van der Waals surface area contributed by atoms with Crippen molar-refractivity contribution in [1.29, 1.82) is 0 Å². The smallest absolute Gasteiger partial charge is 0.251 e. The maximum atomic E-state index is 11.8. The van der Waals surface area contributed by atoms with Gasteiger partial charge in [0, 0.05) is 11.6 Å². The van der Waals surface area contributed by atoms with Crippen LogP contribution in [0.1, 0.15) is 24.2 Å². The predicted octanol–water partition coefficient (Wildman–Crippen LogP) is 2.98. The number of fused-ring (bicyclic) bond motifs is 1. The molecule has 2 heteroatoms. The molecule has 0 bridgehead atoms. The number of hydrogen-bond acceptors (Lipinski definition) is 1. The molecule has 2 rings (SSSR count). The van der Waals surface area contributed by atoms with Crippen molar-refractivity contribution in [3.63, 3.8) is 0 Å². The molecule has 0 aliphatic rings. The Morgan fingerprint density at radius 3 is 2.44 bits per heavy atom. The van der Waals surface area contributed by atoms with Crippen LogP contribution >= 0.6 is 0 Å². The molecule has 2 aromatic carbocycles. The van der Waals surface area contributed by atoms with Gasteiger partial charge in [-0.25, -0.2) is 0 Å². The van der Waals surface area contributed by atoms with E-state index in [1.54, 1.807) is 0 Å². The summed E-state index contributed by atoms with van der Waals surface area (Å²) in [5.74, 6) is -0.0132. The number of amides is 1. The van der Waals surface area contributed by atoms with Crippen molar-refractivity contribution in [2.45, 2.75) is 19.9 Å². The van der Waals surface area contributed by atoms with Gasteiger partial charge in [-0.05, 0) is 36.8 Å². The zero-order chi connectivity index (χ0) is 11.5. The monoisotopic (exact) mass is 212 g/mol. The fourth-order valence-electron chi connectivity index (χ4n) is 1.68. The van der Waals surface area contributed by atoms with Gasteiger partial charge in [0.1, 0.15) is 0 Å². The quantitative estimate of drug-likeness (QED) is 0.814. The molecular weight excluding hydrogens is 197 g/mol.